The second kappa shape index (κ2) is 15.3. The SMILES string of the molecule is CCOCC.O=C(CCCC1CC=CC1)N[SiH3].[Zr]. The predicted molar refractivity (Wildman–Crippen MR) is 76.0 cm³/mol. The molecule has 0 fully saturated rings. The van der Waals surface area contributed by atoms with Gasteiger partial charge in [-0.1, -0.05) is 12.2 Å². The minimum Gasteiger partial charge on any atom is -0.391 e. The Hall–Kier alpha value is 0.270. The summed E-state index contributed by atoms with van der Waals surface area (Å²) in [5.74, 6) is 1.06. The molecule has 5 heteroatoms. The molecule has 0 aromatic carbocycles. The number of hydrogen-bond acceptors (Lipinski definition) is 2. The normalized spacial score (nSPS) is 13.7. The number of hydrogen-bond donors (Lipinski definition) is 1. The van der Waals surface area contributed by atoms with Gasteiger partial charge in [-0.3, -0.25) is 4.79 Å². The Morgan fingerprint density at radius 2 is 1.89 bits per heavy atom. The monoisotopic (exact) mass is 347 g/mol. The quantitative estimate of drug-likeness (QED) is 0.584. The van der Waals surface area contributed by atoms with E-state index in [9.17, 15) is 4.79 Å². The number of carbonyl (C=O) groups is 1. The Balaban J connectivity index is 0. The molecule has 0 heterocycles. The first-order chi connectivity index (χ1) is 8.24. The van der Waals surface area contributed by atoms with Crippen molar-refractivity contribution in [2.75, 3.05) is 13.2 Å². The zero-order valence-electron chi connectivity index (χ0n) is 12.0. The van der Waals surface area contributed by atoms with Crippen molar-refractivity contribution in [1.29, 1.82) is 0 Å². The van der Waals surface area contributed by atoms with Crippen molar-refractivity contribution in [3.8, 4) is 0 Å². The van der Waals surface area contributed by atoms with E-state index in [4.69, 9.17) is 4.74 Å². The molecule has 3 nitrogen and oxygen atoms in total. The molecule has 0 saturated heterocycles. The summed E-state index contributed by atoms with van der Waals surface area (Å²) in [6.07, 6.45) is 9.93. The number of rotatable bonds is 6. The molecule has 0 aliphatic heterocycles. The van der Waals surface area contributed by atoms with Gasteiger partial charge in [0, 0.05) is 45.8 Å². The summed E-state index contributed by atoms with van der Waals surface area (Å²) in [6.45, 7) is 5.67. The van der Waals surface area contributed by atoms with Crippen molar-refractivity contribution >= 4 is 16.3 Å². The Morgan fingerprint density at radius 3 is 2.28 bits per heavy atom. The van der Waals surface area contributed by atoms with Crippen LogP contribution in [0.3, 0.4) is 0 Å². The van der Waals surface area contributed by atoms with Crippen LogP contribution in [0.4, 0.5) is 0 Å². The van der Waals surface area contributed by atoms with E-state index in [0.29, 0.717) is 0 Å². The fourth-order valence-electron chi connectivity index (χ4n) is 1.79. The van der Waals surface area contributed by atoms with Crippen LogP contribution in [-0.2, 0) is 35.7 Å². The second-order valence-electron chi connectivity index (χ2n) is 4.16. The Labute approximate surface area is 134 Å². The molecule has 1 aliphatic rings. The third-order valence-corrected chi connectivity index (χ3v) is 3.37. The topological polar surface area (TPSA) is 38.3 Å². The fraction of sp³-hybridized carbons (Fsp3) is 0.769. The van der Waals surface area contributed by atoms with E-state index in [1.165, 1.54) is 19.3 Å². The van der Waals surface area contributed by atoms with Crippen LogP contribution >= 0.6 is 0 Å². The minimum absolute atomic E-state index is 0. The zero-order valence-corrected chi connectivity index (χ0v) is 16.5. The van der Waals surface area contributed by atoms with Crippen molar-refractivity contribution in [2.45, 2.75) is 46.0 Å². The van der Waals surface area contributed by atoms with Crippen LogP contribution < -0.4 is 4.98 Å². The van der Waals surface area contributed by atoms with Gasteiger partial charge in [0.25, 0.3) is 0 Å². The van der Waals surface area contributed by atoms with Crippen molar-refractivity contribution in [3.05, 3.63) is 12.2 Å². The average Bonchev–Trinajstić information content (AvgIpc) is 2.84. The molecule has 1 aliphatic carbocycles. The summed E-state index contributed by atoms with van der Waals surface area (Å²) in [7, 11) is 0.788. The number of ether oxygens (including phenoxy) is 1. The van der Waals surface area contributed by atoms with Gasteiger partial charge in [-0.05, 0) is 45.4 Å². The van der Waals surface area contributed by atoms with Crippen molar-refractivity contribution in [2.24, 2.45) is 5.92 Å². The van der Waals surface area contributed by atoms with Gasteiger partial charge >= 0.3 is 0 Å². The van der Waals surface area contributed by atoms with E-state index >= 15 is 0 Å². The molecule has 0 bridgehead atoms. The predicted octanol–water partition coefficient (Wildman–Crippen LogP) is 1.56. The van der Waals surface area contributed by atoms with Gasteiger partial charge in [0.15, 0.2) is 0 Å². The largest absolute Gasteiger partial charge is 0.391 e. The van der Waals surface area contributed by atoms with Crippen LogP contribution in [-0.4, -0.2) is 29.5 Å². The Morgan fingerprint density at radius 1 is 1.33 bits per heavy atom. The van der Waals surface area contributed by atoms with Gasteiger partial charge in [0.2, 0.25) is 5.91 Å². The fourth-order valence-corrected chi connectivity index (χ4v) is 2.04. The second-order valence-corrected chi connectivity index (χ2v) is 4.66. The molecule has 0 aromatic heterocycles. The maximum absolute atomic E-state index is 10.9. The van der Waals surface area contributed by atoms with Crippen molar-refractivity contribution in [1.82, 2.24) is 4.98 Å². The van der Waals surface area contributed by atoms with E-state index in [2.05, 4.69) is 17.1 Å². The van der Waals surface area contributed by atoms with E-state index in [-0.39, 0.29) is 32.1 Å². The first-order valence-electron chi connectivity index (χ1n) is 6.67. The third kappa shape index (κ3) is 12.7. The van der Waals surface area contributed by atoms with Crippen LogP contribution in [0, 0.1) is 5.92 Å². The Kier molecular flexibility index (Phi) is 17.5. The van der Waals surface area contributed by atoms with Gasteiger partial charge in [-0.2, -0.15) is 0 Å². The first kappa shape index (κ1) is 20.6. The summed E-state index contributed by atoms with van der Waals surface area (Å²) in [5, 5.41) is 0. The van der Waals surface area contributed by atoms with Crippen LogP contribution in [0.5, 0.6) is 0 Å². The Bertz CT molecular complexity index is 215. The summed E-state index contributed by atoms with van der Waals surface area (Å²) in [4.78, 5) is 13.7. The molecule has 0 radical (unpaired) electrons. The maximum atomic E-state index is 10.9. The van der Waals surface area contributed by atoms with E-state index in [1.54, 1.807) is 0 Å². The summed E-state index contributed by atoms with van der Waals surface area (Å²) < 4.78 is 4.83. The third-order valence-electron chi connectivity index (χ3n) is 2.81. The van der Waals surface area contributed by atoms with Crippen LogP contribution in [0.15, 0.2) is 12.2 Å². The zero-order chi connectivity index (χ0) is 12.9. The van der Waals surface area contributed by atoms with Crippen LogP contribution in [0.2, 0.25) is 0 Å². The van der Waals surface area contributed by atoms with Gasteiger partial charge in [-0.25, -0.2) is 0 Å². The van der Waals surface area contributed by atoms with Gasteiger partial charge < -0.3 is 9.72 Å². The van der Waals surface area contributed by atoms with Gasteiger partial charge in [0.1, 0.15) is 10.4 Å². The first-order valence-corrected chi connectivity index (χ1v) is 7.67. The summed E-state index contributed by atoms with van der Waals surface area (Å²) in [5.41, 5.74) is 0. The summed E-state index contributed by atoms with van der Waals surface area (Å²) >= 11 is 0. The van der Waals surface area contributed by atoms with E-state index < -0.39 is 0 Å². The molecular formula is C13H27NO2SiZr. The molecule has 0 spiro atoms. The van der Waals surface area contributed by atoms with E-state index in [0.717, 1.165) is 42.4 Å². The molecule has 0 saturated carbocycles. The molecular weight excluding hydrogens is 321 g/mol. The smallest absolute Gasteiger partial charge is 0.211 e. The molecule has 104 valence electrons. The van der Waals surface area contributed by atoms with E-state index in [1.807, 2.05) is 13.8 Å². The van der Waals surface area contributed by atoms with Gasteiger partial charge in [0.05, 0.1) is 0 Å². The van der Waals surface area contributed by atoms with Crippen molar-refractivity contribution < 1.29 is 35.7 Å². The average molecular weight is 349 g/mol. The minimum atomic E-state index is 0. The molecule has 18 heavy (non-hydrogen) atoms. The number of amides is 1. The standard InChI is InChI=1S/C9H17NOSi.C4H10O.Zr/c11-9(10-12)7-3-6-8-4-1-2-5-8;1-3-5-4-2;/h1-2,8H,3-7H2,12H3,(H,10,11);3-4H2,1-2H3;. The molecule has 1 rings (SSSR count). The molecule has 1 amide bonds. The van der Waals surface area contributed by atoms with Crippen LogP contribution in [0.1, 0.15) is 46.0 Å². The summed E-state index contributed by atoms with van der Waals surface area (Å²) in [6, 6.07) is 0. The van der Waals surface area contributed by atoms with Crippen molar-refractivity contribution in [3.63, 3.8) is 0 Å². The number of nitrogens with one attached hydrogen (secondary N) is 1. The molecule has 0 aromatic rings. The molecule has 0 unspecified atom stereocenters. The number of allylic oxidation sites excluding steroid dienone is 2. The van der Waals surface area contributed by atoms with Crippen LogP contribution in [0.25, 0.3) is 0 Å². The maximum Gasteiger partial charge on any atom is 0.211 e. The molecule has 0 atom stereocenters. The number of carbonyl (C=O) groups excluding carboxylic acids is 1. The molecule has 1 N–H and O–H groups in total. The van der Waals surface area contributed by atoms with Gasteiger partial charge in [-0.15, -0.1) is 0 Å².